The third-order valence-corrected chi connectivity index (χ3v) is 3.06. The highest BCUT2D eigenvalue weighted by molar-refractivity contribution is 6.02. The predicted octanol–water partition coefficient (Wildman–Crippen LogP) is 2.17. The number of aliphatic hydroxyl groups excluding tert-OH is 1. The van der Waals surface area contributed by atoms with Crippen LogP contribution in [0.4, 0.5) is 0 Å². The maximum absolute atomic E-state index is 11.8. The summed E-state index contributed by atoms with van der Waals surface area (Å²) in [6.45, 7) is 0. The Hall–Kier alpha value is -2.49. The Bertz CT molecular complexity index is 670. The number of benzene rings is 2. The summed E-state index contributed by atoms with van der Waals surface area (Å²) < 4.78 is 5.24. The number of rotatable bonds is 1. The molecular formula is C14H11NO3. The molecule has 0 amide bonds. The van der Waals surface area contributed by atoms with E-state index in [0.717, 1.165) is 10.8 Å². The van der Waals surface area contributed by atoms with Gasteiger partial charge in [0.25, 0.3) is 0 Å². The molecule has 0 bridgehead atoms. The number of hydrogen-bond acceptors (Lipinski definition) is 4. The van der Waals surface area contributed by atoms with Crippen LogP contribution in [0.1, 0.15) is 11.7 Å². The van der Waals surface area contributed by atoms with Crippen LogP contribution >= 0.6 is 0 Å². The van der Waals surface area contributed by atoms with Gasteiger partial charge in [0, 0.05) is 5.56 Å². The number of carbonyl (C=O) groups excluding carboxylic acids is 1. The molecule has 0 fully saturated rings. The van der Waals surface area contributed by atoms with Crippen molar-refractivity contribution in [3.8, 4) is 0 Å². The zero-order valence-corrected chi connectivity index (χ0v) is 9.46. The van der Waals surface area contributed by atoms with Crippen LogP contribution in [0, 0.1) is 0 Å². The van der Waals surface area contributed by atoms with Crippen molar-refractivity contribution in [1.29, 1.82) is 0 Å². The lowest BCUT2D eigenvalue weighted by molar-refractivity contribution is -0.123. The van der Waals surface area contributed by atoms with Crippen molar-refractivity contribution >= 4 is 16.6 Å². The summed E-state index contributed by atoms with van der Waals surface area (Å²) in [6.07, 6.45) is -0.851. The van der Waals surface area contributed by atoms with E-state index in [2.05, 4.69) is 0 Å². The molecule has 90 valence electrons. The van der Waals surface area contributed by atoms with Crippen molar-refractivity contribution in [2.24, 2.45) is 5.73 Å². The lowest BCUT2D eigenvalue weighted by Gasteiger charge is -2.12. The lowest BCUT2D eigenvalue weighted by atomic mass is 9.98. The number of ether oxygens (including phenoxy) is 1. The number of nitrogens with two attached hydrogens (primary N) is 1. The normalized spacial score (nSPS) is 19.3. The van der Waals surface area contributed by atoms with Gasteiger partial charge in [-0.15, -0.1) is 0 Å². The quantitative estimate of drug-likeness (QED) is 0.802. The zero-order chi connectivity index (χ0) is 12.7. The predicted molar refractivity (Wildman–Crippen MR) is 66.6 cm³/mol. The molecule has 1 aliphatic heterocycles. The number of Topliss-reactive ketones (excluding diaryl/α,β-unsaturated/α-hetero) is 1. The number of hydrogen-bond donors (Lipinski definition) is 2. The molecule has 0 saturated carbocycles. The number of carbonyl (C=O) groups is 1. The highest BCUT2D eigenvalue weighted by atomic mass is 16.5. The lowest BCUT2D eigenvalue weighted by Crippen LogP contribution is -2.10. The molecule has 0 radical (unpaired) electrons. The summed E-state index contributed by atoms with van der Waals surface area (Å²) in [5, 5.41) is 11.4. The average Bonchev–Trinajstić information content (AvgIpc) is 2.66. The molecule has 2 aromatic rings. The molecule has 4 heteroatoms. The highest BCUT2D eigenvalue weighted by Gasteiger charge is 2.36. The molecular weight excluding hydrogens is 230 g/mol. The second-order valence-electron chi connectivity index (χ2n) is 4.14. The van der Waals surface area contributed by atoms with E-state index in [-0.39, 0.29) is 5.88 Å². The van der Waals surface area contributed by atoms with Crippen LogP contribution in [0.15, 0.2) is 54.1 Å². The summed E-state index contributed by atoms with van der Waals surface area (Å²) in [4.78, 5) is 11.8. The largest absolute Gasteiger partial charge is 0.501 e. The summed E-state index contributed by atoms with van der Waals surface area (Å²) in [6, 6.07) is 13.3. The summed E-state index contributed by atoms with van der Waals surface area (Å²) in [7, 11) is 0. The van der Waals surface area contributed by atoms with Crippen LogP contribution < -0.4 is 5.73 Å². The molecule has 1 aliphatic rings. The maximum atomic E-state index is 11.8. The van der Waals surface area contributed by atoms with Crippen molar-refractivity contribution in [3.05, 3.63) is 59.7 Å². The van der Waals surface area contributed by atoms with Crippen molar-refractivity contribution in [2.45, 2.75) is 6.10 Å². The van der Waals surface area contributed by atoms with Gasteiger partial charge in [-0.25, -0.2) is 0 Å². The minimum Gasteiger partial charge on any atom is -0.501 e. The van der Waals surface area contributed by atoms with Gasteiger partial charge in [0.05, 0.1) is 0 Å². The number of fused-ring (bicyclic) bond motifs is 1. The zero-order valence-electron chi connectivity index (χ0n) is 9.46. The summed E-state index contributed by atoms with van der Waals surface area (Å²) in [5.74, 6) is -1.20. The first-order chi connectivity index (χ1) is 8.68. The Labute approximate surface area is 103 Å². The SMILES string of the molecule is NC1=C(O)C(=O)[C@@H](c2cccc3ccccc23)O1. The molecule has 0 spiro atoms. The summed E-state index contributed by atoms with van der Waals surface area (Å²) >= 11 is 0. The fraction of sp³-hybridized carbons (Fsp3) is 0.0714. The van der Waals surface area contributed by atoms with E-state index in [9.17, 15) is 9.90 Å². The van der Waals surface area contributed by atoms with Gasteiger partial charge in [-0.2, -0.15) is 0 Å². The van der Waals surface area contributed by atoms with Gasteiger partial charge < -0.3 is 15.6 Å². The first-order valence-electron chi connectivity index (χ1n) is 5.55. The first kappa shape index (κ1) is 10.7. The van der Waals surface area contributed by atoms with E-state index in [0.29, 0.717) is 5.56 Å². The fourth-order valence-corrected chi connectivity index (χ4v) is 2.17. The van der Waals surface area contributed by atoms with Gasteiger partial charge in [0.1, 0.15) is 0 Å². The van der Waals surface area contributed by atoms with Crippen LogP contribution in [0.2, 0.25) is 0 Å². The molecule has 1 heterocycles. The van der Waals surface area contributed by atoms with E-state index < -0.39 is 17.6 Å². The Kier molecular flexibility index (Phi) is 2.23. The van der Waals surface area contributed by atoms with Crippen LogP contribution in [-0.4, -0.2) is 10.9 Å². The van der Waals surface area contributed by atoms with E-state index in [4.69, 9.17) is 10.5 Å². The van der Waals surface area contributed by atoms with Gasteiger partial charge in [-0.1, -0.05) is 42.5 Å². The third-order valence-electron chi connectivity index (χ3n) is 3.06. The van der Waals surface area contributed by atoms with E-state index in [1.807, 2.05) is 36.4 Å². The number of aliphatic hydroxyl groups is 1. The smallest absolute Gasteiger partial charge is 0.247 e. The van der Waals surface area contributed by atoms with Gasteiger partial charge >= 0.3 is 0 Å². The molecule has 2 aromatic carbocycles. The Morgan fingerprint density at radius 2 is 1.83 bits per heavy atom. The van der Waals surface area contributed by atoms with Crippen molar-refractivity contribution < 1.29 is 14.6 Å². The monoisotopic (exact) mass is 241 g/mol. The van der Waals surface area contributed by atoms with Crippen LogP contribution in [0.3, 0.4) is 0 Å². The Morgan fingerprint density at radius 3 is 2.56 bits per heavy atom. The van der Waals surface area contributed by atoms with E-state index in [1.54, 1.807) is 6.07 Å². The maximum Gasteiger partial charge on any atom is 0.247 e. The molecule has 1 atom stereocenters. The first-order valence-corrected chi connectivity index (χ1v) is 5.55. The van der Waals surface area contributed by atoms with Crippen molar-refractivity contribution in [3.63, 3.8) is 0 Å². The van der Waals surface area contributed by atoms with Crippen LogP contribution in [-0.2, 0) is 9.53 Å². The van der Waals surface area contributed by atoms with Crippen LogP contribution in [0.5, 0.6) is 0 Å². The molecule has 18 heavy (non-hydrogen) atoms. The molecule has 3 rings (SSSR count). The second-order valence-corrected chi connectivity index (χ2v) is 4.14. The highest BCUT2D eigenvalue weighted by Crippen LogP contribution is 2.33. The van der Waals surface area contributed by atoms with Crippen molar-refractivity contribution in [2.75, 3.05) is 0 Å². The van der Waals surface area contributed by atoms with E-state index >= 15 is 0 Å². The molecule has 0 saturated heterocycles. The molecule has 0 aliphatic carbocycles. The molecule has 0 aromatic heterocycles. The van der Waals surface area contributed by atoms with E-state index in [1.165, 1.54) is 0 Å². The molecule has 3 N–H and O–H groups in total. The second kappa shape index (κ2) is 3.77. The molecule has 0 unspecified atom stereocenters. The minimum atomic E-state index is -0.851. The third kappa shape index (κ3) is 1.43. The topological polar surface area (TPSA) is 72.5 Å². The van der Waals surface area contributed by atoms with Gasteiger partial charge in [0.15, 0.2) is 6.10 Å². The molecule has 4 nitrogen and oxygen atoms in total. The Morgan fingerprint density at radius 1 is 1.11 bits per heavy atom. The van der Waals surface area contributed by atoms with Gasteiger partial charge in [0.2, 0.25) is 17.4 Å². The Balaban J connectivity index is 2.15. The van der Waals surface area contributed by atoms with Gasteiger partial charge in [-0.3, -0.25) is 4.79 Å². The van der Waals surface area contributed by atoms with Crippen LogP contribution in [0.25, 0.3) is 10.8 Å². The summed E-state index contributed by atoms with van der Waals surface area (Å²) in [5.41, 5.74) is 6.14. The van der Waals surface area contributed by atoms with Gasteiger partial charge in [-0.05, 0) is 10.8 Å². The van der Waals surface area contributed by atoms with Crippen molar-refractivity contribution in [1.82, 2.24) is 0 Å². The fourth-order valence-electron chi connectivity index (χ4n) is 2.17. The average molecular weight is 241 g/mol. The number of ketones is 1. The minimum absolute atomic E-state index is 0.210. The standard InChI is InChI=1S/C14H11NO3/c15-14-12(17)11(16)13(18-14)10-7-3-5-8-4-1-2-6-9(8)10/h1-7,13,17H,15H2/t13-/m1/s1.